The van der Waals surface area contributed by atoms with Crippen LogP contribution in [-0.2, 0) is 19.6 Å². The first-order valence-corrected chi connectivity index (χ1v) is 12.7. The van der Waals surface area contributed by atoms with Gasteiger partial charge in [-0.3, -0.25) is 9.69 Å². The molecule has 2 aliphatic heterocycles. The lowest BCUT2D eigenvalue weighted by molar-refractivity contribution is 0.101. The number of carbonyl (C=O) groups is 1. The summed E-state index contributed by atoms with van der Waals surface area (Å²) < 4.78 is 12.6. The first-order valence-electron chi connectivity index (χ1n) is 12.7. The Morgan fingerprint density at radius 1 is 0.944 bits per heavy atom. The minimum atomic E-state index is -0.0647. The molecule has 0 saturated carbocycles. The molecule has 0 amide bonds. The van der Waals surface area contributed by atoms with Crippen LogP contribution in [0.4, 0.5) is 0 Å². The second-order valence-corrected chi connectivity index (χ2v) is 9.51. The highest BCUT2D eigenvalue weighted by Crippen LogP contribution is 2.41. The Bertz CT molecular complexity index is 1340. The van der Waals surface area contributed by atoms with Crippen LogP contribution in [0.3, 0.4) is 0 Å². The molecule has 0 bridgehead atoms. The van der Waals surface area contributed by atoms with Gasteiger partial charge in [-0.1, -0.05) is 60.7 Å². The van der Waals surface area contributed by atoms with Crippen LogP contribution < -0.4 is 14.8 Å². The number of ketones is 1. The molecule has 0 spiro atoms. The molecule has 0 atom stereocenters. The number of nitrogens with one attached hydrogen (secondary N) is 1. The lowest BCUT2D eigenvalue weighted by Gasteiger charge is -2.28. The molecule has 1 N–H and O–H groups in total. The summed E-state index contributed by atoms with van der Waals surface area (Å²) in [5, 5.41) is 3.41. The van der Waals surface area contributed by atoms with Crippen molar-refractivity contribution in [2.75, 3.05) is 26.2 Å². The molecule has 0 aromatic heterocycles. The van der Waals surface area contributed by atoms with Gasteiger partial charge in [0.05, 0.1) is 11.1 Å². The van der Waals surface area contributed by atoms with E-state index >= 15 is 0 Å². The fraction of sp³-hybridized carbons (Fsp3) is 0.258. The topological polar surface area (TPSA) is 50.8 Å². The van der Waals surface area contributed by atoms with Crippen LogP contribution in [0.5, 0.6) is 11.5 Å². The second kappa shape index (κ2) is 10.1. The van der Waals surface area contributed by atoms with Crippen molar-refractivity contribution in [3.05, 3.63) is 112 Å². The number of hydrogen-bond acceptors (Lipinski definition) is 5. The van der Waals surface area contributed by atoms with E-state index in [1.54, 1.807) is 0 Å². The Morgan fingerprint density at radius 3 is 2.61 bits per heavy atom. The van der Waals surface area contributed by atoms with Crippen LogP contribution in [0.25, 0.3) is 5.57 Å². The predicted molar refractivity (Wildman–Crippen MR) is 141 cm³/mol. The molecule has 3 aliphatic rings. The van der Waals surface area contributed by atoms with Crippen molar-refractivity contribution < 1.29 is 14.3 Å². The fourth-order valence-electron chi connectivity index (χ4n) is 5.19. The molecule has 3 aromatic carbocycles. The maximum atomic E-state index is 13.4. The van der Waals surface area contributed by atoms with Crippen LogP contribution in [-0.4, -0.2) is 36.9 Å². The molecule has 5 heteroatoms. The van der Waals surface area contributed by atoms with Gasteiger partial charge in [-0.05, 0) is 53.3 Å². The molecule has 2 heterocycles. The molecule has 182 valence electrons. The molecule has 1 aliphatic carbocycles. The molecule has 5 nitrogen and oxygen atoms in total. The van der Waals surface area contributed by atoms with Crippen LogP contribution in [0, 0.1) is 0 Å². The third kappa shape index (κ3) is 4.60. The van der Waals surface area contributed by atoms with Crippen molar-refractivity contribution in [1.29, 1.82) is 0 Å². The summed E-state index contributed by atoms with van der Waals surface area (Å²) in [6, 6.07) is 22.3. The number of aryl methyl sites for hydroxylation is 1. The molecular formula is C31H30N2O3. The van der Waals surface area contributed by atoms with E-state index in [1.807, 2.05) is 42.5 Å². The van der Waals surface area contributed by atoms with E-state index in [0.29, 0.717) is 30.2 Å². The lowest BCUT2D eigenvalue weighted by atomic mass is 9.90. The van der Waals surface area contributed by atoms with Gasteiger partial charge in [0.1, 0.15) is 18.1 Å². The molecule has 3 aromatic rings. The van der Waals surface area contributed by atoms with Gasteiger partial charge < -0.3 is 14.8 Å². The second-order valence-electron chi connectivity index (χ2n) is 9.51. The Morgan fingerprint density at radius 2 is 1.75 bits per heavy atom. The van der Waals surface area contributed by atoms with E-state index in [1.165, 1.54) is 11.1 Å². The average molecular weight is 479 g/mol. The third-order valence-corrected chi connectivity index (χ3v) is 7.12. The van der Waals surface area contributed by atoms with Crippen molar-refractivity contribution in [2.45, 2.75) is 26.0 Å². The lowest BCUT2D eigenvalue weighted by Crippen LogP contribution is -2.43. The fourth-order valence-corrected chi connectivity index (χ4v) is 5.19. The standard InChI is InChI=1S/C31H30N2O3/c34-30-26-13-14-28(35-21-22-7-2-1-3-8-22)27(20-33-17-15-32-16-18-33)31(26)36-29(30)19-24-11-6-10-23-9-4-5-12-25(23)24/h1-5,7-9,11-14,19,32H,6,10,15-18,20-21H2/b29-19-. The maximum Gasteiger partial charge on any atom is 0.231 e. The van der Waals surface area contributed by atoms with Crippen molar-refractivity contribution in [3.63, 3.8) is 0 Å². The van der Waals surface area contributed by atoms with Gasteiger partial charge in [-0.15, -0.1) is 0 Å². The number of nitrogens with zero attached hydrogens (tertiary/aromatic N) is 1. The molecule has 6 rings (SSSR count). The number of Topliss-reactive ketones (excluding diaryl/α,β-unsaturated/α-hetero) is 1. The number of benzene rings is 3. The molecular weight excluding hydrogens is 448 g/mol. The molecule has 36 heavy (non-hydrogen) atoms. The predicted octanol–water partition coefficient (Wildman–Crippen LogP) is 5.16. The number of carbonyl (C=O) groups excluding carboxylic acids is 1. The van der Waals surface area contributed by atoms with E-state index in [-0.39, 0.29) is 5.78 Å². The number of allylic oxidation sites excluding steroid dienone is 4. The van der Waals surface area contributed by atoms with Crippen LogP contribution in [0.1, 0.15) is 39.0 Å². The van der Waals surface area contributed by atoms with E-state index in [2.05, 4.69) is 46.6 Å². The Balaban J connectivity index is 1.33. The van der Waals surface area contributed by atoms with Gasteiger partial charge in [0.2, 0.25) is 5.78 Å². The summed E-state index contributed by atoms with van der Waals surface area (Å²) in [7, 11) is 0. The zero-order valence-corrected chi connectivity index (χ0v) is 20.3. The van der Waals surface area contributed by atoms with E-state index in [4.69, 9.17) is 9.47 Å². The summed E-state index contributed by atoms with van der Waals surface area (Å²) in [6.45, 7) is 4.95. The summed E-state index contributed by atoms with van der Waals surface area (Å²) in [6.07, 6.45) is 6.10. The summed E-state index contributed by atoms with van der Waals surface area (Å²) in [5.74, 6) is 1.73. The van der Waals surface area contributed by atoms with Crippen LogP contribution >= 0.6 is 0 Å². The van der Waals surface area contributed by atoms with Gasteiger partial charge in [-0.2, -0.15) is 0 Å². The van der Waals surface area contributed by atoms with Gasteiger partial charge in [0.25, 0.3) is 0 Å². The van der Waals surface area contributed by atoms with Crippen LogP contribution in [0.2, 0.25) is 0 Å². The summed E-state index contributed by atoms with van der Waals surface area (Å²) in [5.41, 5.74) is 6.20. The SMILES string of the molecule is O=C1/C(=C/C2=CCCc3ccccc32)Oc2c1ccc(OCc1ccccc1)c2CN1CCNCC1. The zero-order valence-electron chi connectivity index (χ0n) is 20.3. The number of fused-ring (bicyclic) bond motifs is 2. The minimum absolute atomic E-state index is 0.0647. The zero-order chi connectivity index (χ0) is 24.3. The molecule has 0 radical (unpaired) electrons. The largest absolute Gasteiger partial charge is 0.488 e. The van der Waals surface area contributed by atoms with Gasteiger partial charge >= 0.3 is 0 Å². The molecule has 0 unspecified atom stereocenters. The smallest absolute Gasteiger partial charge is 0.231 e. The molecule has 1 fully saturated rings. The number of ether oxygens (including phenoxy) is 2. The Labute approximate surface area is 212 Å². The summed E-state index contributed by atoms with van der Waals surface area (Å²) in [4.78, 5) is 15.8. The number of hydrogen-bond donors (Lipinski definition) is 1. The monoisotopic (exact) mass is 478 g/mol. The quantitative estimate of drug-likeness (QED) is 0.496. The van der Waals surface area contributed by atoms with E-state index in [9.17, 15) is 4.79 Å². The summed E-state index contributed by atoms with van der Waals surface area (Å²) >= 11 is 0. The van der Waals surface area contributed by atoms with Crippen molar-refractivity contribution in [3.8, 4) is 11.5 Å². The normalized spacial score (nSPS) is 18.4. The van der Waals surface area contributed by atoms with Crippen LogP contribution in [0.15, 0.2) is 84.6 Å². The number of rotatable bonds is 6. The first-order chi connectivity index (χ1) is 17.8. The highest BCUT2D eigenvalue weighted by atomic mass is 16.5. The van der Waals surface area contributed by atoms with E-state index in [0.717, 1.165) is 61.5 Å². The maximum absolute atomic E-state index is 13.4. The highest BCUT2D eigenvalue weighted by Gasteiger charge is 2.33. The third-order valence-electron chi connectivity index (χ3n) is 7.12. The van der Waals surface area contributed by atoms with Crippen molar-refractivity contribution in [1.82, 2.24) is 10.2 Å². The Kier molecular flexibility index (Phi) is 6.41. The highest BCUT2D eigenvalue weighted by molar-refractivity contribution is 6.13. The first kappa shape index (κ1) is 22.8. The van der Waals surface area contributed by atoms with Crippen molar-refractivity contribution in [2.24, 2.45) is 0 Å². The number of piperazine rings is 1. The minimum Gasteiger partial charge on any atom is -0.488 e. The van der Waals surface area contributed by atoms with Gasteiger partial charge in [0, 0.05) is 32.7 Å². The average Bonchev–Trinajstić information content (AvgIpc) is 3.25. The molecule has 1 saturated heterocycles. The van der Waals surface area contributed by atoms with Gasteiger partial charge in [0.15, 0.2) is 5.76 Å². The van der Waals surface area contributed by atoms with Crippen molar-refractivity contribution >= 4 is 11.4 Å². The van der Waals surface area contributed by atoms with Gasteiger partial charge in [-0.25, -0.2) is 0 Å². The van der Waals surface area contributed by atoms with E-state index < -0.39 is 0 Å². The Hall–Kier alpha value is -3.67.